The van der Waals surface area contributed by atoms with E-state index >= 15 is 0 Å². The Balaban J connectivity index is 1.69. The number of amides is 1. The van der Waals surface area contributed by atoms with Gasteiger partial charge in [0.1, 0.15) is 6.54 Å². The van der Waals surface area contributed by atoms with Gasteiger partial charge in [-0.05, 0) is 96.4 Å². The molecule has 0 saturated heterocycles. The first-order chi connectivity index (χ1) is 21.5. The lowest BCUT2D eigenvalue weighted by Gasteiger charge is -2.30. The molecule has 2 aliphatic rings. The van der Waals surface area contributed by atoms with Gasteiger partial charge in [-0.15, -0.1) is 0 Å². The molecular weight excluding hydrogens is 627 g/mol. The van der Waals surface area contributed by atoms with Crippen molar-refractivity contribution in [2.24, 2.45) is 0 Å². The zero-order valence-electron chi connectivity index (χ0n) is 27.2. The number of nitrogens with zero attached hydrogens (tertiary/aromatic N) is 2. The summed E-state index contributed by atoms with van der Waals surface area (Å²) in [4.78, 5) is 14.0. The highest BCUT2D eigenvalue weighted by Gasteiger charge is 2.45. The van der Waals surface area contributed by atoms with E-state index < -0.39 is 31.1 Å². The minimum absolute atomic E-state index is 0.0382. The van der Waals surface area contributed by atoms with Crippen molar-refractivity contribution in [2.45, 2.75) is 81.4 Å². The number of rotatable bonds is 12. The number of benzene rings is 2. The van der Waals surface area contributed by atoms with E-state index in [9.17, 15) is 30.7 Å². The van der Waals surface area contributed by atoms with Gasteiger partial charge in [-0.2, -0.15) is 21.4 Å². The minimum Gasteiger partial charge on any atom is -0.356 e. The molecule has 0 aliphatic carbocycles. The topological polar surface area (TPSA) is 144 Å². The molecule has 1 atom stereocenters. The SMILES string of the molecule is CCNC(=O)CCCC1(C)\C(=C/C=C/C=C/C2=[N+](CC)c3ccc(S(=O)(=O)O)cc3C2(C)C)N(CC)c2ccc(S(=O)(=O)O)cc21. The molecule has 46 heavy (non-hydrogen) atoms. The van der Waals surface area contributed by atoms with Gasteiger partial charge in [0.15, 0.2) is 5.71 Å². The summed E-state index contributed by atoms with van der Waals surface area (Å²) < 4.78 is 69.2. The Morgan fingerprint density at radius 2 is 1.54 bits per heavy atom. The van der Waals surface area contributed by atoms with Crippen LogP contribution in [0, 0.1) is 0 Å². The van der Waals surface area contributed by atoms with Crippen LogP contribution in [0.4, 0.5) is 11.4 Å². The Bertz CT molecular complexity index is 1870. The summed E-state index contributed by atoms with van der Waals surface area (Å²) in [5.41, 5.74) is 4.12. The van der Waals surface area contributed by atoms with Crippen molar-refractivity contribution in [1.82, 2.24) is 5.32 Å². The lowest BCUT2D eigenvalue weighted by Crippen LogP contribution is -2.29. The van der Waals surface area contributed by atoms with Crippen molar-refractivity contribution in [1.29, 1.82) is 0 Å². The number of hydrogen-bond donors (Lipinski definition) is 3. The third-order valence-electron chi connectivity index (χ3n) is 8.99. The van der Waals surface area contributed by atoms with Gasteiger partial charge >= 0.3 is 0 Å². The fraction of sp³-hybridized carbons (Fsp3) is 0.412. The highest BCUT2D eigenvalue weighted by molar-refractivity contribution is 7.86. The van der Waals surface area contributed by atoms with E-state index in [4.69, 9.17) is 0 Å². The molecule has 0 radical (unpaired) electrons. The first-order valence-corrected chi connectivity index (χ1v) is 18.4. The van der Waals surface area contributed by atoms with E-state index in [1.54, 1.807) is 12.1 Å². The summed E-state index contributed by atoms with van der Waals surface area (Å²) in [6.07, 6.45) is 11.3. The second-order valence-corrected chi connectivity index (χ2v) is 15.1. The second kappa shape index (κ2) is 13.3. The molecule has 2 aromatic rings. The van der Waals surface area contributed by atoms with Crippen LogP contribution in [-0.2, 0) is 35.9 Å². The normalized spacial score (nSPS) is 20.3. The zero-order valence-corrected chi connectivity index (χ0v) is 28.9. The number of carbonyl (C=O) groups excluding carboxylic acids is 1. The van der Waals surface area contributed by atoms with Crippen molar-refractivity contribution >= 4 is 43.2 Å². The van der Waals surface area contributed by atoms with Crippen molar-refractivity contribution in [3.63, 3.8) is 0 Å². The van der Waals surface area contributed by atoms with Crippen LogP contribution in [0.15, 0.2) is 82.3 Å². The third kappa shape index (κ3) is 6.76. The molecule has 3 N–H and O–H groups in total. The Kier molecular flexibility index (Phi) is 10.2. The number of allylic oxidation sites excluding steroid dienone is 6. The molecular formula is C34H44N3O7S2+. The number of fused-ring (bicyclic) bond motifs is 2. The van der Waals surface area contributed by atoms with E-state index in [0.717, 1.165) is 33.9 Å². The Morgan fingerprint density at radius 3 is 2.13 bits per heavy atom. The van der Waals surface area contributed by atoms with Gasteiger partial charge < -0.3 is 10.2 Å². The van der Waals surface area contributed by atoms with Crippen molar-refractivity contribution in [3.05, 3.63) is 83.6 Å². The largest absolute Gasteiger partial charge is 0.356 e. The maximum atomic E-state index is 12.2. The summed E-state index contributed by atoms with van der Waals surface area (Å²) >= 11 is 0. The molecule has 2 aliphatic heterocycles. The number of carbonyl (C=O) groups is 1. The number of likely N-dealkylation sites (N-methyl/N-ethyl adjacent to an activating group) is 1. The molecule has 2 aromatic carbocycles. The van der Waals surface area contributed by atoms with Crippen LogP contribution in [0.3, 0.4) is 0 Å². The molecule has 1 amide bonds. The van der Waals surface area contributed by atoms with Gasteiger partial charge in [-0.1, -0.05) is 18.2 Å². The van der Waals surface area contributed by atoms with Crippen LogP contribution in [0.2, 0.25) is 0 Å². The molecule has 1 unspecified atom stereocenters. The van der Waals surface area contributed by atoms with E-state index in [-0.39, 0.29) is 15.7 Å². The fourth-order valence-electron chi connectivity index (χ4n) is 6.70. The quantitative estimate of drug-likeness (QED) is 0.149. The molecule has 10 nitrogen and oxygen atoms in total. The van der Waals surface area contributed by atoms with Crippen LogP contribution in [0.1, 0.15) is 71.9 Å². The Labute approximate surface area is 272 Å². The molecule has 248 valence electrons. The number of hydrogen-bond acceptors (Lipinski definition) is 6. The Hall–Kier alpha value is -3.58. The smallest absolute Gasteiger partial charge is 0.294 e. The standard InChI is InChI=1S/C34H43N3O7S2/c1-7-35-32(38)16-13-21-34(6)27-23-25(46(42,43)44)18-20-29(27)37(9-3)31(34)15-12-10-11-14-30-33(4,5)26-22-24(45(39,40)41)17-19-28(26)36(30)8-2/h10-12,14-15,17-20,22-23H,7-9,13,16,21H2,1-6H3,(H2-,35,38,39,40,41,42,43,44)/p+1. The molecule has 0 fully saturated rings. The summed E-state index contributed by atoms with van der Waals surface area (Å²) in [6.45, 7) is 13.8. The van der Waals surface area contributed by atoms with Crippen LogP contribution in [-0.4, -0.2) is 61.8 Å². The second-order valence-electron chi connectivity index (χ2n) is 12.2. The van der Waals surface area contributed by atoms with Crippen LogP contribution < -0.4 is 10.2 Å². The van der Waals surface area contributed by atoms with E-state index in [0.29, 0.717) is 38.9 Å². The van der Waals surface area contributed by atoms with Crippen LogP contribution >= 0.6 is 0 Å². The van der Waals surface area contributed by atoms with Crippen molar-refractivity contribution < 1.29 is 35.3 Å². The maximum absolute atomic E-state index is 12.2. The first kappa shape index (κ1) is 35.3. The lowest BCUT2D eigenvalue weighted by atomic mass is 9.77. The lowest BCUT2D eigenvalue weighted by molar-refractivity contribution is -0.433. The predicted molar refractivity (Wildman–Crippen MR) is 180 cm³/mol. The average molecular weight is 671 g/mol. The Morgan fingerprint density at radius 1 is 0.913 bits per heavy atom. The molecule has 12 heteroatoms. The minimum atomic E-state index is -4.41. The van der Waals surface area contributed by atoms with Gasteiger partial charge in [0.2, 0.25) is 11.6 Å². The van der Waals surface area contributed by atoms with E-state index in [1.165, 1.54) is 24.3 Å². The zero-order chi connectivity index (χ0) is 34.1. The number of nitrogens with one attached hydrogen (secondary N) is 1. The van der Waals surface area contributed by atoms with Gasteiger partial charge in [-0.25, -0.2) is 0 Å². The molecule has 0 aromatic heterocycles. The van der Waals surface area contributed by atoms with E-state index in [1.807, 2.05) is 71.9 Å². The van der Waals surface area contributed by atoms with Gasteiger partial charge in [0.05, 0.1) is 15.2 Å². The van der Waals surface area contributed by atoms with E-state index in [2.05, 4.69) is 14.8 Å². The molecule has 4 rings (SSSR count). The van der Waals surface area contributed by atoms with Gasteiger partial charge in [0, 0.05) is 54.0 Å². The van der Waals surface area contributed by atoms with Gasteiger partial charge in [-0.3, -0.25) is 13.9 Å². The van der Waals surface area contributed by atoms with Crippen LogP contribution in [0.25, 0.3) is 0 Å². The van der Waals surface area contributed by atoms with Crippen molar-refractivity contribution in [3.8, 4) is 0 Å². The highest BCUT2D eigenvalue weighted by Crippen LogP contribution is 2.51. The van der Waals surface area contributed by atoms with Crippen molar-refractivity contribution in [2.75, 3.05) is 24.5 Å². The monoisotopic (exact) mass is 670 g/mol. The maximum Gasteiger partial charge on any atom is 0.294 e. The average Bonchev–Trinajstić information content (AvgIpc) is 3.34. The van der Waals surface area contributed by atoms with Gasteiger partial charge in [0.25, 0.3) is 20.2 Å². The molecule has 0 spiro atoms. The number of anilines is 1. The fourth-order valence-corrected chi connectivity index (χ4v) is 7.71. The first-order valence-electron chi connectivity index (χ1n) is 15.5. The third-order valence-corrected chi connectivity index (χ3v) is 10.7. The molecule has 2 heterocycles. The summed E-state index contributed by atoms with van der Waals surface area (Å²) in [7, 11) is -8.75. The summed E-state index contributed by atoms with van der Waals surface area (Å²) in [6, 6.07) is 9.33. The molecule has 0 bridgehead atoms. The highest BCUT2D eigenvalue weighted by atomic mass is 32.2. The van der Waals surface area contributed by atoms with Crippen LogP contribution in [0.5, 0.6) is 0 Å². The predicted octanol–water partition coefficient (Wildman–Crippen LogP) is 5.68. The molecule has 0 saturated carbocycles. The summed E-state index contributed by atoms with van der Waals surface area (Å²) in [5, 5.41) is 2.82. The summed E-state index contributed by atoms with van der Waals surface area (Å²) in [5.74, 6) is -0.0382.